The first-order valence-corrected chi connectivity index (χ1v) is 6.17. The highest BCUT2D eigenvalue weighted by Crippen LogP contribution is 2.55. The van der Waals surface area contributed by atoms with E-state index in [9.17, 15) is 0 Å². The van der Waals surface area contributed by atoms with Crippen LogP contribution in [0.4, 0.5) is 0 Å². The molecule has 86 valence electrons. The third kappa shape index (κ3) is 1.31. The molecule has 0 N–H and O–H groups in total. The Labute approximate surface area is 101 Å². The molecule has 1 aliphatic carbocycles. The van der Waals surface area contributed by atoms with E-state index < -0.39 is 0 Å². The van der Waals surface area contributed by atoms with Crippen molar-refractivity contribution in [2.75, 3.05) is 0 Å². The second-order valence-electron chi connectivity index (χ2n) is 4.90. The van der Waals surface area contributed by atoms with E-state index in [1.54, 1.807) is 0 Å². The van der Waals surface area contributed by atoms with Crippen LogP contribution >= 0.6 is 0 Å². The van der Waals surface area contributed by atoms with Crippen LogP contribution in [0, 0.1) is 0 Å². The maximum absolute atomic E-state index is 6.11. The lowest BCUT2D eigenvalue weighted by molar-refractivity contribution is 0.0305. The van der Waals surface area contributed by atoms with Crippen molar-refractivity contribution >= 4 is 0 Å². The van der Waals surface area contributed by atoms with Crippen molar-refractivity contribution in [1.82, 2.24) is 0 Å². The monoisotopic (exact) mass is 226 g/mol. The Kier molecular flexibility index (Phi) is 1.80. The van der Waals surface area contributed by atoms with Crippen LogP contribution in [0.5, 0.6) is 0 Å². The molecule has 2 aliphatic heterocycles. The van der Waals surface area contributed by atoms with Gasteiger partial charge in [-0.1, -0.05) is 42.5 Å². The highest BCUT2D eigenvalue weighted by Gasteiger charge is 2.62. The number of benzene rings is 1. The second-order valence-corrected chi connectivity index (χ2v) is 4.90. The van der Waals surface area contributed by atoms with Crippen LogP contribution in [0.1, 0.15) is 24.5 Å². The summed E-state index contributed by atoms with van der Waals surface area (Å²) in [7, 11) is 0. The van der Waals surface area contributed by atoms with Gasteiger partial charge < -0.3 is 9.47 Å². The van der Waals surface area contributed by atoms with Crippen molar-refractivity contribution in [1.29, 1.82) is 0 Å². The van der Waals surface area contributed by atoms with E-state index in [1.807, 2.05) is 12.1 Å². The lowest BCUT2D eigenvalue weighted by Crippen LogP contribution is -2.29. The Morgan fingerprint density at radius 3 is 2.94 bits per heavy atom. The standard InChI is InChI=1S/C15H14O2/c1-2-5-11(6-3-1)12-9-10-15-13(16-12)7-4-8-14(15)17-15/h1-8,12,14H,9-10H2. The molecule has 0 saturated carbocycles. The summed E-state index contributed by atoms with van der Waals surface area (Å²) in [6.07, 6.45) is 8.76. The maximum Gasteiger partial charge on any atom is 0.156 e. The zero-order chi connectivity index (χ0) is 11.3. The van der Waals surface area contributed by atoms with Gasteiger partial charge in [0.2, 0.25) is 0 Å². The molecule has 2 saturated heterocycles. The van der Waals surface area contributed by atoms with Gasteiger partial charge in [-0.15, -0.1) is 0 Å². The summed E-state index contributed by atoms with van der Waals surface area (Å²) in [6.45, 7) is 0. The minimum atomic E-state index is -0.0972. The summed E-state index contributed by atoms with van der Waals surface area (Å²) in [5.41, 5.74) is 1.16. The summed E-state index contributed by atoms with van der Waals surface area (Å²) >= 11 is 0. The van der Waals surface area contributed by atoms with E-state index in [1.165, 1.54) is 5.56 Å². The average Bonchev–Trinajstić information content (AvgIpc) is 3.11. The van der Waals surface area contributed by atoms with E-state index in [0.717, 1.165) is 18.6 Å². The van der Waals surface area contributed by atoms with Crippen molar-refractivity contribution in [3.8, 4) is 0 Å². The fourth-order valence-electron chi connectivity index (χ4n) is 2.89. The summed E-state index contributed by atoms with van der Waals surface area (Å²) in [4.78, 5) is 0. The number of hydrogen-bond acceptors (Lipinski definition) is 2. The van der Waals surface area contributed by atoms with Crippen LogP contribution in [0.3, 0.4) is 0 Å². The molecule has 2 heteroatoms. The maximum atomic E-state index is 6.11. The third-order valence-electron chi connectivity index (χ3n) is 3.91. The fraction of sp³-hybridized carbons (Fsp3) is 0.333. The van der Waals surface area contributed by atoms with Crippen molar-refractivity contribution in [3.05, 3.63) is 59.9 Å². The van der Waals surface area contributed by atoms with Gasteiger partial charge in [-0.05, 0) is 24.5 Å². The van der Waals surface area contributed by atoms with Crippen molar-refractivity contribution in [2.24, 2.45) is 0 Å². The van der Waals surface area contributed by atoms with Crippen LogP contribution in [0.2, 0.25) is 0 Å². The molecule has 0 aromatic heterocycles. The Hall–Kier alpha value is -1.54. The molecule has 17 heavy (non-hydrogen) atoms. The molecular formula is C15H14O2. The van der Waals surface area contributed by atoms with Gasteiger partial charge in [-0.3, -0.25) is 0 Å². The zero-order valence-corrected chi connectivity index (χ0v) is 9.50. The number of ether oxygens (including phenoxy) is 2. The number of hydrogen-bond donors (Lipinski definition) is 0. The first-order valence-electron chi connectivity index (χ1n) is 6.17. The molecule has 2 nitrogen and oxygen atoms in total. The Balaban J connectivity index is 1.63. The van der Waals surface area contributed by atoms with E-state index in [0.29, 0.717) is 0 Å². The molecule has 0 bridgehead atoms. The van der Waals surface area contributed by atoms with Crippen LogP contribution in [-0.4, -0.2) is 11.7 Å². The Bertz CT molecular complexity index is 503. The summed E-state index contributed by atoms with van der Waals surface area (Å²) < 4.78 is 11.9. The van der Waals surface area contributed by atoms with Gasteiger partial charge in [-0.2, -0.15) is 0 Å². The molecule has 4 rings (SSSR count). The lowest BCUT2D eigenvalue weighted by Gasteiger charge is -2.31. The highest BCUT2D eigenvalue weighted by atomic mass is 16.6. The molecule has 3 aliphatic rings. The molecule has 1 aromatic rings. The van der Waals surface area contributed by atoms with Crippen LogP contribution in [0.15, 0.2) is 54.3 Å². The van der Waals surface area contributed by atoms with Crippen LogP contribution in [0.25, 0.3) is 0 Å². The van der Waals surface area contributed by atoms with Gasteiger partial charge in [0.25, 0.3) is 0 Å². The van der Waals surface area contributed by atoms with Crippen molar-refractivity contribution in [3.63, 3.8) is 0 Å². The Morgan fingerprint density at radius 1 is 1.18 bits per heavy atom. The predicted molar refractivity (Wildman–Crippen MR) is 64.3 cm³/mol. The molecule has 3 unspecified atom stereocenters. The molecule has 2 heterocycles. The van der Waals surface area contributed by atoms with Crippen LogP contribution < -0.4 is 0 Å². The summed E-state index contributed by atoms with van der Waals surface area (Å²) in [6, 6.07) is 10.4. The number of allylic oxidation sites excluding steroid dienone is 2. The highest BCUT2D eigenvalue weighted by molar-refractivity contribution is 5.38. The normalized spacial score (nSPS) is 37.5. The molecule has 2 fully saturated rings. The van der Waals surface area contributed by atoms with Gasteiger partial charge >= 0.3 is 0 Å². The topological polar surface area (TPSA) is 21.8 Å². The summed E-state index contributed by atoms with van der Waals surface area (Å²) in [5, 5.41) is 0. The number of rotatable bonds is 1. The van der Waals surface area contributed by atoms with E-state index in [-0.39, 0.29) is 17.8 Å². The van der Waals surface area contributed by atoms with Gasteiger partial charge in [0.05, 0.1) is 0 Å². The van der Waals surface area contributed by atoms with E-state index >= 15 is 0 Å². The first-order chi connectivity index (χ1) is 8.38. The van der Waals surface area contributed by atoms with Crippen LogP contribution in [-0.2, 0) is 9.47 Å². The number of epoxide rings is 1. The lowest BCUT2D eigenvalue weighted by atomic mass is 9.87. The van der Waals surface area contributed by atoms with Gasteiger partial charge in [0.15, 0.2) is 5.60 Å². The van der Waals surface area contributed by atoms with Crippen molar-refractivity contribution in [2.45, 2.75) is 30.7 Å². The molecule has 1 aromatic carbocycles. The second kappa shape index (κ2) is 3.23. The largest absolute Gasteiger partial charge is 0.487 e. The quantitative estimate of drug-likeness (QED) is 0.686. The van der Waals surface area contributed by atoms with Gasteiger partial charge in [0, 0.05) is 0 Å². The molecule has 0 amide bonds. The molecular weight excluding hydrogens is 212 g/mol. The van der Waals surface area contributed by atoms with Crippen molar-refractivity contribution < 1.29 is 9.47 Å². The van der Waals surface area contributed by atoms with Gasteiger partial charge in [-0.25, -0.2) is 0 Å². The smallest absolute Gasteiger partial charge is 0.156 e. The van der Waals surface area contributed by atoms with E-state index in [4.69, 9.17) is 9.47 Å². The van der Waals surface area contributed by atoms with E-state index in [2.05, 4.69) is 36.4 Å². The zero-order valence-electron chi connectivity index (χ0n) is 9.50. The minimum Gasteiger partial charge on any atom is -0.487 e. The predicted octanol–water partition coefficient (Wildman–Crippen LogP) is 3.13. The molecule has 1 spiro atoms. The third-order valence-corrected chi connectivity index (χ3v) is 3.91. The SMILES string of the molecule is C1=CC2OC23CCC(c2ccccc2)OC3=C1. The fourth-order valence-corrected chi connectivity index (χ4v) is 2.89. The summed E-state index contributed by atoms with van der Waals surface area (Å²) in [5.74, 6) is 1.02. The molecule has 0 radical (unpaired) electrons. The average molecular weight is 226 g/mol. The molecule has 3 atom stereocenters. The Morgan fingerprint density at radius 2 is 2.06 bits per heavy atom. The van der Waals surface area contributed by atoms with Gasteiger partial charge in [0.1, 0.15) is 18.0 Å². The first kappa shape index (κ1) is 9.49. The minimum absolute atomic E-state index is 0.0972.